The van der Waals surface area contributed by atoms with E-state index in [0.717, 1.165) is 0 Å². The predicted molar refractivity (Wildman–Crippen MR) is 49.3 cm³/mol. The maximum Gasteiger partial charge on any atom is 0.454 e. The van der Waals surface area contributed by atoms with E-state index >= 15 is 0 Å². The number of methoxy groups -OCH3 is 2. The van der Waals surface area contributed by atoms with Gasteiger partial charge in [-0.1, -0.05) is 0 Å². The van der Waals surface area contributed by atoms with E-state index in [1.54, 1.807) is 12.1 Å². The minimum atomic E-state index is -1.36. The second kappa shape index (κ2) is 4.36. The molecule has 0 heterocycles. The molecule has 0 aliphatic rings. The first-order valence-electron chi connectivity index (χ1n) is 3.87. The Bertz CT molecular complexity index is 338. The van der Waals surface area contributed by atoms with Crippen LogP contribution in [-0.2, 0) is 5.11 Å². The van der Waals surface area contributed by atoms with Crippen LogP contribution in [0.1, 0.15) is 0 Å². The van der Waals surface area contributed by atoms with Gasteiger partial charge < -0.3 is 9.47 Å². The number of benzene rings is 1. The zero-order chi connectivity index (χ0) is 10.6. The van der Waals surface area contributed by atoms with Crippen LogP contribution in [0.25, 0.3) is 0 Å². The number of nitrogens with one attached hydrogen (secondary N) is 1. The van der Waals surface area contributed by atoms with Crippen molar-refractivity contribution in [1.29, 1.82) is 0 Å². The number of hydrogen-bond acceptors (Lipinski definition) is 3. The lowest BCUT2D eigenvalue weighted by molar-refractivity contribution is 0.185. The van der Waals surface area contributed by atoms with Gasteiger partial charge in [-0.2, -0.15) is 0 Å². The number of amides is 1. The fourth-order valence-electron chi connectivity index (χ4n) is 1.03. The molecule has 75 valence electrons. The van der Waals surface area contributed by atoms with Crippen molar-refractivity contribution in [3.8, 4) is 11.5 Å². The summed E-state index contributed by atoms with van der Waals surface area (Å²) in [6.45, 7) is 0. The lowest BCUT2D eigenvalue weighted by atomic mass is 10.3. The molecule has 0 atom stereocenters. The van der Waals surface area contributed by atoms with Gasteiger partial charge in [-0.05, 0) is 12.1 Å². The Morgan fingerprint density at radius 3 is 2.36 bits per heavy atom. The molecule has 14 heavy (non-hydrogen) atoms. The van der Waals surface area contributed by atoms with E-state index in [1.165, 1.54) is 20.3 Å². The van der Waals surface area contributed by atoms with Crippen molar-refractivity contribution in [2.75, 3.05) is 19.5 Å². The maximum atomic E-state index is 10.2. The molecule has 0 spiro atoms. The average molecular weight is 196 g/mol. The fraction of sp³-hybridized carbons (Fsp3) is 0.222. The first-order valence-corrected chi connectivity index (χ1v) is 3.87. The molecular formula is C9H10NO4. The molecule has 1 amide bonds. The first kappa shape index (κ1) is 10.2. The predicted octanol–water partition coefficient (Wildman–Crippen LogP) is 1.67. The number of rotatable bonds is 3. The monoisotopic (exact) mass is 196 g/mol. The van der Waals surface area contributed by atoms with Crippen LogP contribution in [-0.4, -0.2) is 20.3 Å². The van der Waals surface area contributed by atoms with Crippen molar-refractivity contribution < 1.29 is 19.4 Å². The first-order chi connectivity index (χ1) is 6.67. The number of carbonyl (C=O) groups excluding carboxylic acids is 1. The average Bonchev–Trinajstić information content (AvgIpc) is 2.16. The summed E-state index contributed by atoms with van der Waals surface area (Å²) in [6.07, 6.45) is -1.36. The van der Waals surface area contributed by atoms with Crippen LogP contribution in [0.4, 0.5) is 10.5 Å². The van der Waals surface area contributed by atoms with E-state index in [-0.39, 0.29) is 0 Å². The fourth-order valence-corrected chi connectivity index (χ4v) is 1.03. The summed E-state index contributed by atoms with van der Waals surface area (Å²) in [5.41, 5.74) is 0.377. The molecule has 0 aromatic heterocycles. The highest BCUT2D eigenvalue weighted by atomic mass is 16.5. The summed E-state index contributed by atoms with van der Waals surface area (Å²) in [5.74, 6) is 0.996. The quantitative estimate of drug-likeness (QED) is 0.799. The SMILES string of the molecule is COc1ccc(NC([O])=O)cc1OC. The molecule has 0 bridgehead atoms. The standard InChI is InChI=1S/C9H10NO4/c1-13-7-4-3-6(10-9(11)12)5-8(7)14-2/h3-5,10H,1-2H3. The van der Waals surface area contributed by atoms with Gasteiger partial charge >= 0.3 is 6.09 Å². The molecule has 0 fully saturated rings. The lowest BCUT2D eigenvalue weighted by Crippen LogP contribution is -2.05. The van der Waals surface area contributed by atoms with Crippen molar-refractivity contribution in [3.63, 3.8) is 0 Å². The van der Waals surface area contributed by atoms with E-state index in [9.17, 15) is 9.90 Å². The number of anilines is 1. The zero-order valence-corrected chi connectivity index (χ0v) is 7.87. The van der Waals surface area contributed by atoms with E-state index in [1.807, 2.05) is 0 Å². The molecule has 1 aromatic rings. The highest BCUT2D eigenvalue weighted by molar-refractivity contribution is 5.83. The number of hydrogen-bond donors (Lipinski definition) is 1. The molecule has 1 aromatic carbocycles. The van der Waals surface area contributed by atoms with Crippen LogP contribution < -0.4 is 14.8 Å². The van der Waals surface area contributed by atoms with Crippen LogP contribution in [0, 0.1) is 0 Å². The van der Waals surface area contributed by atoms with Crippen LogP contribution in [0.5, 0.6) is 11.5 Å². The van der Waals surface area contributed by atoms with Crippen molar-refractivity contribution in [1.82, 2.24) is 0 Å². The molecule has 0 saturated carbocycles. The summed E-state index contributed by atoms with van der Waals surface area (Å²) in [5, 5.41) is 12.3. The molecule has 5 heteroatoms. The summed E-state index contributed by atoms with van der Waals surface area (Å²) in [7, 11) is 2.98. The van der Waals surface area contributed by atoms with Crippen LogP contribution in [0.2, 0.25) is 0 Å². The Hall–Kier alpha value is -1.91. The second-order valence-corrected chi connectivity index (χ2v) is 2.48. The number of carbonyl (C=O) groups is 1. The van der Waals surface area contributed by atoms with Crippen LogP contribution in [0.15, 0.2) is 18.2 Å². The molecule has 5 nitrogen and oxygen atoms in total. The Balaban J connectivity index is 2.95. The zero-order valence-electron chi connectivity index (χ0n) is 7.87. The van der Waals surface area contributed by atoms with Gasteiger partial charge in [-0.25, -0.2) is 9.90 Å². The molecule has 0 saturated heterocycles. The highest BCUT2D eigenvalue weighted by Gasteiger charge is 2.06. The van der Waals surface area contributed by atoms with E-state index in [2.05, 4.69) is 5.32 Å². The molecule has 1 radical (unpaired) electrons. The third kappa shape index (κ3) is 2.29. The largest absolute Gasteiger partial charge is 0.493 e. The number of ether oxygens (including phenoxy) is 2. The van der Waals surface area contributed by atoms with Gasteiger partial charge in [0.15, 0.2) is 11.5 Å². The highest BCUT2D eigenvalue weighted by Crippen LogP contribution is 2.29. The summed E-state index contributed by atoms with van der Waals surface area (Å²) < 4.78 is 9.96. The van der Waals surface area contributed by atoms with Crippen molar-refractivity contribution >= 4 is 11.8 Å². The molecular weight excluding hydrogens is 186 g/mol. The van der Waals surface area contributed by atoms with Gasteiger partial charge in [0.25, 0.3) is 0 Å². The van der Waals surface area contributed by atoms with Crippen molar-refractivity contribution in [2.45, 2.75) is 0 Å². The molecule has 0 unspecified atom stereocenters. The molecule has 1 N–H and O–H groups in total. The van der Waals surface area contributed by atoms with Gasteiger partial charge in [0.05, 0.1) is 14.2 Å². The van der Waals surface area contributed by atoms with Gasteiger partial charge in [-0.15, -0.1) is 0 Å². The Labute approximate surface area is 81.3 Å². The maximum absolute atomic E-state index is 10.2. The normalized spacial score (nSPS) is 9.29. The topological polar surface area (TPSA) is 67.5 Å². The van der Waals surface area contributed by atoms with E-state index in [0.29, 0.717) is 17.2 Å². The minimum Gasteiger partial charge on any atom is -0.493 e. The van der Waals surface area contributed by atoms with Crippen molar-refractivity contribution in [2.24, 2.45) is 0 Å². The molecule has 1 rings (SSSR count). The summed E-state index contributed by atoms with van der Waals surface area (Å²) >= 11 is 0. The van der Waals surface area contributed by atoms with Crippen molar-refractivity contribution in [3.05, 3.63) is 18.2 Å². The summed E-state index contributed by atoms with van der Waals surface area (Å²) in [6, 6.07) is 4.66. The Kier molecular flexibility index (Phi) is 3.17. The van der Waals surface area contributed by atoms with E-state index in [4.69, 9.17) is 9.47 Å². The van der Waals surface area contributed by atoms with Gasteiger partial charge in [0.2, 0.25) is 0 Å². The van der Waals surface area contributed by atoms with Gasteiger partial charge in [-0.3, -0.25) is 5.32 Å². The third-order valence-corrected chi connectivity index (χ3v) is 1.63. The smallest absolute Gasteiger partial charge is 0.454 e. The van der Waals surface area contributed by atoms with Crippen LogP contribution in [0.3, 0.4) is 0 Å². The lowest BCUT2D eigenvalue weighted by Gasteiger charge is -2.08. The Morgan fingerprint density at radius 1 is 1.21 bits per heavy atom. The van der Waals surface area contributed by atoms with Gasteiger partial charge in [0.1, 0.15) is 0 Å². The van der Waals surface area contributed by atoms with Gasteiger partial charge in [0, 0.05) is 11.8 Å². The molecule has 0 aliphatic heterocycles. The van der Waals surface area contributed by atoms with E-state index < -0.39 is 6.09 Å². The summed E-state index contributed by atoms with van der Waals surface area (Å²) in [4.78, 5) is 10.2. The Morgan fingerprint density at radius 2 is 1.86 bits per heavy atom. The van der Waals surface area contributed by atoms with Crippen LogP contribution >= 0.6 is 0 Å². The second-order valence-electron chi connectivity index (χ2n) is 2.48. The molecule has 0 aliphatic carbocycles. The minimum absolute atomic E-state index is 0.377. The third-order valence-electron chi connectivity index (χ3n) is 1.63.